The first-order valence-corrected chi connectivity index (χ1v) is 4.73. The van der Waals surface area contributed by atoms with E-state index in [4.69, 9.17) is 0 Å². The quantitative estimate of drug-likeness (QED) is 0.708. The van der Waals surface area contributed by atoms with Crippen LogP contribution in [-0.4, -0.2) is 15.0 Å². The summed E-state index contributed by atoms with van der Waals surface area (Å²) in [7, 11) is 0. The first kappa shape index (κ1) is 9.52. The van der Waals surface area contributed by atoms with Crippen molar-refractivity contribution in [2.75, 3.05) is 0 Å². The molecule has 0 saturated carbocycles. The maximum Gasteiger partial charge on any atom is 0.116 e. The van der Waals surface area contributed by atoms with Gasteiger partial charge in [0.2, 0.25) is 0 Å². The number of nitrogens with zero attached hydrogens (tertiary/aromatic N) is 3. The zero-order chi connectivity index (χ0) is 10.5. The Bertz CT molecular complexity index is 451. The molecule has 0 fully saturated rings. The smallest absolute Gasteiger partial charge is 0.116 e. The maximum absolute atomic E-state index is 4.27. The van der Waals surface area contributed by atoms with Gasteiger partial charge in [-0.1, -0.05) is 12.1 Å². The highest BCUT2D eigenvalue weighted by molar-refractivity contribution is 5.57. The van der Waals surface area contributed by atoms with Crippen molar-refractivity contribution in [2.24, 2.45) is 0 Å². The molecule has 0 aliphatic carbocycles. The van der Waals surface area contributed by atoms with Crippen LogP contribution in [0.5, 0.6) is 0 Å². The third kappa shape index (κ3) is 2.07. The molecule has 0 unspecified atom stereocenters. The Morgan fingerprint density at radius 1 is 1.27 bits per heavy atom. The van der Waals surface area contributed by atoms with Crippen LogP contribution >= 0.6 is 0 Å². The topological polar surface area (TPSA) is 38.7 Å². The second-order valence-corrected chi connectivity index (χ2v) is 3.10. The molecule has 3 nitrogen and oxygen atoms in total. The highest BCUT2D eigenvalue weighted by atomic mass is 14.8. The lowest BCUT2D eigenvalue weighted by atomic mass is 10.1. The maximum atomic E-state index is 4.27. The average Bonchev–Trinajstić information content (AvgIpc) is 2.31. The third-order valence-electron chi connectivity index (χ3n) is 2.06. The summed E-state index contributed by atoms with van der Waals surface area (Å²) in [5.74, 6) is 0. The lowest BCUT2D eigenvalue weighted by Crippen LogP contribution is -1.94. The highest BCUT2D eigenvalue weighted by Gasteiger charge is 2.05. The SMILES string of the molecule is C=CCc1cncnc1-c1ccccn1. The Morgan fingerprint density at radius 2 is 2.20 bits per heavy atom. The van der Waals surface area contributed by atoms with Crippen molar-refractivity contribution in [3.8, 4) is 11.4 Å². The minimum absolute atomic E-state index is 0.757. The molecule has 0 amide bonds. The lowest BCUT2D eigenvalue weighted by Gasteiger charge is -2.04. The predicted molar refractivity (Wildman–Crippen MR) is 59.2 cm³/mol. The van der Waals surface area contributed by atoms with Crippen LogP contribution < -0.4 is 0 Å². The van der Waals surface area contributed by atoms with Crippen LogP contribution in [0.25, 0.3) is 11.4 Å². The van der Waals surface area contributed by atoms with Crippen LogP contribution in [-0.2, 0) is 6.42 Å². The molecule has 2 rings (SSSR count). The van der Waals surface area contributed by atoms with Gasteiger partial charge in [0, 0.05) is 18.0 Å². The van der Waals surface area contributed by atoms with Crippen molar-refractivity contribution < 1.29 is 0 Å². The molecule has 0 aliphatic heterocycles. The van der Waals surface area contributed by atoms with Crippen LogP contribution in [0.2, 0.25) is 0 Å². The van der Waals surface area contributed by atoms with Crippen molar-refractivity contribution >= 4 is 0 Å². The molecule has 0 saturated heterocycles. The molecular formula is C12H11N3. The number of allylic oxidation sites excluding steroid dienone is 1. The summed E-state index contributed by atoms with van der Waals surface area (Å²) in [5, 5.41) is 0. The number of pyridine rings is 1. The lowest BCUT2D eigenvalue weighted by molar-refractivity contribution is 1.08. The van der Waals surface area contributed by atoms with E-state index in [1.54, 1.807) is 12.4 Å². The largest absolute Gasteiger partial charge is 0.255 e. The first-order valence-electron chi connectivity index (χ1n) is 4.73. The molecule has 15 heavy (non-hydrogen) atoms. The summed E-state index contributed by atoms with van der Waals surface area (Å²) in [6.07, 6.45) is 7.70. The predicted octanol–water partition coefficient (Wildman–Crippen LogP) is 2.27. The monoisotopic (exact) mass is 197 g/mol. The van der Waals surface area contributed by atoms with Crippen LogP contribution in [0.1, 0.15) is 5.56 Å². The van der Waals surface area contributed by atoms with Gasteiger partial charge in [-0.2, -0.15) is 0 Å². The van der Waals surface area contributed by atoms with E-state index in [-0.39, 0.29) is 0 Å². The molecule has 0 spiro atoms. The zero-order valence-electron chi connectivity index (χ0n) is 8.30. The van der Waals surface area contributed by atoms with Gasteiger partial charge < -0.3 is 0 Å². The van der Waals surface area contributed by atoms with Gasteiger partial charge in [-0.25, -0.2) is 9.97 Å². The van der Waals surface area contributed by atoms with E-state index in [1.165, 1.54) is 6.33 Å². The Labute approximate surface area is 88.6 Å². The van der Waals surface area contributed by atoms with E-state index >= 15 is 0 Å². The zero-order valence-corrected chi connectivity index (χ0v) is 8.30. The van der Waals surface area contributed by atoms with Crippen LogP contribution in [0.15, 0.2) is 49.6 Å². The van der Waals surface area contributed by atoms with E-state index in [1.807, 2.05) is 24.3 Å². The summed E-state index contributed by atoms with van der Waals surface area (Å²) < 4.78 is 0. The van der Waals surface area contributed by atoms with E-state index in [2.05, 4.69) is 21.5 Å². The second kappa shape index (κ2) is 4.46. The molecule has 0 atom stereocenters. The normalized spacial score (nSPS) is 9.87. The molecular weight excluding hydrogens is 186 g/mol. The number of hydrogen-bond acceptors (Lipinski definition) is 3. The van der Waals surface area contributed by atoms with Crippen molar-refractivity contribution in [2.45, 2.75) is 6.42 Å². The third-order valence-corrected chi connectivity index (χ3v) is 2.06. The van der Waals surface area contributed by atoms with Crippen molar-refractivity contribution in [1.29, 1.82) is 0 Å². The van der Waals surface area contributed by atoms with Crippen LogP contribution in [0, 0.1) is 0 Å². The van der Waals surface area contributed by atoms with E-state index in [0.29, 0.717) is 0 Å². The fourth-order valence-corrected chi connectivity index (χ4v) is 1.40. The molecule has 2 aromatic rings. The van der Waals surface area contributed by atoms with Gasteiger partial charge in [0.25, 0.3) is 0 Å². The van der Waals surface area contributed by atoms with Gasteiger partial charge in [0.1, 0.15) is 6.33 Å². The van der Waals surface area contributed by atoms with Gasteiger partial charge in [0.15, 0.2) is 0 Å². The van der Waals surface area contributed by atoms with Crippen LogP contribution in [0.4, 0.5) is 0 Å². The van der Waals surface area contributed by atoms with Crippen molar-refractivity contribution in [3.05, 3.63) is 55.1 Å². The second-order valence-electron chi connectivity index (χ2n) is 3.10. The molecule has 0 aromatic carbocycles. The number of aromatic nitrogens is 3. The minimum Gasteiger partial charge on any atom is -0.255 e. The Hall–Kier alpha value is -2.03. The van der Waals surface area contributed by atoms with Gasteiger partial charge in [0.05, 0.1) is 11.4 Å². The molecule has 2 aromatic heterocycles. The fraction of sp³-hybridized carbons (Fsp3) is 0.0833. The Morgan fingerprint density at radius 3 is 2.93 bits per heavy atom. The standard InChI is InChI=1S/C12H11N3/c1-2-5-10-8-13-9-15-12(10)11-6-3-4-7-14-11/h2-4,6-9H,1,5H2. The Balaban J connectivity index is 2.48. The van der Waals surface area contributed by atoms with Gasteiger partial charge >= 0.3 is 0 Å². The first-order chi connectivity index (χ1) is 7.42. The summed E-state index contributed by atoms with van der Waals surface area (Å²) in [5.41, 5.74) is 2.80. The average molecular weight is 197 g/mol. The molecule has 0 radical (unpaired) electrons. The number of hydrogen-bond donors (Lipinski definition) is 0. The van der Waals surface area contributed by atoms with Crippen LogP contribution in [0.3, 0.4) is 0 Å². The molecule has 0 bridgehead atoms. The van der Waals surface area contributed by atoms with Gasteiger partial charge in [-0.05, 0) is 18.6 Å². The summed E-state index contributed by atoms with van der Waals surface area (Å²) in [6.45, 7) is 3.71. The van der Waals surface area contributed by atoms with Crippen molar-refractivity contribution in [1.82, 2.24) is 15.0 Å². The Kier molecular flexibility index (Phi) is 2.83. The highest BCUT2D eigenvalue weighted by Crippen LogP contribution is 2.17. The van der Waals surface area contributed by atoms with E-state index < -0.39 is 0 Å². The number of rotatable bonds is 3. The summed E-state index contributed by atoms with van der Waals surface area (Å²) in [4.78, 5) is 12.5. The summed E-state index contributed by atoms with van der Waals surface area (Å²) >= 11 is 0. The minimum atomic E-state index is 0.757. The van der Waals surface area contributed by atoms with E-state index in [0.717, 1.165) is 23.4 Å². The molecule has 74 valence electrons. The molecule has 2 heterocycles. The van der Waals surface area contributed by atoms with E-state index in [9.17, 15) is 0 Å². The van der Waals surface area contributed by atoms with Gasteiger partial charge in [-0.15, -0.1) is 6.58 Å². The molecule has 3 heteroatoms. The summed E-state index contributed by atoms with van der Waals surface area (Å²) in [6, 6.07) is 5.77. The van der Waals surface area contributed by atoms with Gasteiger partial charge in [-0.3, -0.25) is 4.98 Å². The fourth-order valence-electron chi connectivity index (χ4n) is 1.40. The van der Waals surface area contributed by atoms with Crippen molar-refractivity contribution in [3.63, 3.8) is 0 Å². The molecule has 0 aliphatic rings. The molecule has 0 N–H and O–H groups in total.